The topological polar surface area (TPSA) is 64.6 Å². The van der Waals surface area contributed by atoms with Gasteiger partial charge in [-0.15, -0.1) is 0 Å². The maximum atomic E-state index is 11.2. The van der Waals surface area contributed by atoms with E-state index in [-0.39, 0.29) is 0 Å². The SMILES string of the molecule is COC(=O)C(=O)Nc1ccc(OC)cc1C. The second-order valence-corrected chi connectivity index (χ2v) is 3.13. The van der Waals surface area contributed by atoms with E-state index in [1.165, 1.54) is 0 Å². The molecule has 0 bridgehead atoms. The molecule has 1 N–H and O–H groups in total. The fourth-order valence-electron chi connectivity index (χ4n) is 1.17. The molecule has 0 saturated carbocycles. The molecule has 16 heavy (non-hydrogen) atoms. The molecule has 0 saturated heterocycles. The summed E-state index contributed by atoms with van der Waals surface area (Å²) in [6.45, 7) is 1.80. The summed E-state index contributed by atoms with van der Waals surface area (Å²) in [5, 5.41) is 2.44. The minimum Gasteiger partial charge on any atom is -0.497 e. The molecular weight excluding hydrogens is 210 g/mol. The van der Waals surface area contributed by atoms with E-state index in [2.05, 4.69) is 10.1 Å². The molecule has 5 heteroatoms. The van der Waals surface area contributed by atoms with Crippen LogP contribution < -0.4 is 10.1 Å². The van der Waals surface area contributed by atoms with E-state index in [1.54, 1.807) is 32.2 Å². The van der Waals surface area contributed by atoms with Gasteiger partial charge in [-0.2, -0.15) is 0 Å². The first-order chi connectivity index (χ1) is 7.58. The van der Waals surface area contributed by atoms with Crippen LogP contribution in [0, 0.1) is 6.92 Å². The predicted octanol–water partition coefficient (Wildman–Crippen LogP) is 1.12. The van der Waals surface area contributed by atoms with Crippen LogP contribution in [0.25, 0.3) is 0 Å². The highest BCUT2D eigenvalue weighted by atomic mass is 16.5. The lowest BCUT2D eigenvalue weighted by Crippen LogP contribution is -2.24. The Kier molecular flexibility index (Phi) is 3.88. The van der Waals surface area contributed by atoms with Crippen LogP contribution in [-0.2, 0) is 14.3 Å². The predicted molar refractivity (Wildman–Crippen MR) is 58.4 cm³/mol. The Morgan fingerprint density at radius 2 is 1.94 bits per heavy atom. The van der Waals surface area contributed by atoms with Crippen molar-refractivity contribution in [2.24, 2.45) is 0 Å². The minimum atomic E-state index is -0.921. The zero-order valence-electron chi connectivity index (χ0n) is 9.37. The Morgan fingerprint density at radius 1 is 1.25 bits per heavy atom. The molecule has 86 valence electrons. The smallest absolute Gasteiger partial charge is 0.396 e. The summed E-state index contributed by atoms with van der Waals surface area (Å²) in [5.41, 5.74) is 1.35. The van der Waals surface area contributed by atoms with Gasteiger partial charge in [-0.3, -0.25) is 4.79 Å². The number of carbonyl (C=O) groups excluding carboxylic acids is 2. The first-order valence-electron chi connectivity index (χ1n) is 4.62. The van der Waals surface area contributed by atoms with Crippen LogP contribution in [-0.4, -0.2) is 26.1 Å². The quantitative estimate of drug-likeness (QED) is 0.602. The van der Waals surface area contributed by atoms with Gasteiger partial charge in [0.25, 0.3) is 0 Å². The van der Waals surface area contributed by atoms with Gasteiger partial charge in [0.2, 0.25) is 0 Å². The lowest BCUT2D eigenvalue weighted by atomic mass is 10.2. The molecule has 5 nitrogen and oxygen atoms in total. The number of methoxy groups -OCH3 is 2. The molecule has 0 unspecified atom stereocenters. The van der Waals surface area contributed by atoms with E-state index in [1.807, 2.05) is 0 Å². The second-order valence-electron chi connectivity index (χ2n) is 3.13. The number of ether oxygens (including phenoxy) is 2. The number of carbonyl (C=O) groups is 2. The Labute approximate surface area is 93.4 Å². The van der Waals surface area contributed by atoms with Crippen LogP contribution in [0.2, 0.25) is 0 Å². The van der Waals surface area contributed by atoms with Gasteiger partial charge in [0.1, 0.15) is 5.75 Å². The lowest BCUT2D eigenvalue weighted by molar-refractivity contribution is -0.150. The van der Waals surface area contributed by atoms with Crippen molar-refractivity contribution in [2.75, 3.05) is 19.5 Å². The van der Waals surface area contributed by atoms with E-state index in [0.717, 1.165) is 12.7 Å². The van der Waals surface area contributed by atoms with Gasteiger partial charge in [0.15, 0.2) is 0 Å². The summed E-state index contributed by atoms with van der Waals surface area (Å²) in [7, 11) is 2.71. The highest BCUT2D eigenvalue weighted by Crippen LogP contribution is 2.20. The van der Waals surface area contributed by atoms with Crippen LogP contribution >= 0.6 is 0 Å². The molecule has 0 atom stereocenters. The molecule has 0 aliphatic carbocycles. The zero-order chi connectivity index (χ0) is 12.1. The van der Waals surface area contributed by atoms with Crippen LogP contribution in [0.4, 0.5) is 5.69 Å². The van der Waals surface area contributed by atoms with Crippen molar-refractivity contribution in [1.82, 2.24) is 0 Å². The van der Waals surface area contributed by atoms with Crippen molar-refractivity contribution in [2.45, 2.75) is 6.92 Å². The lowest BCUT2D eigenvalue weighted by Gasteiger charge is -2.08. The Bertz CT molecular complexity index is 414. The molecule has 1 aromatic rings. The summed E-state index contributed by atoms with van der Waals surface area (Å²) in [5.74, 6) is -1.03. The maximum absolute atomic E-state index is 11.2. The van der Waals surface area contributed by atoms with Gasteiger partial charge in [-0.05, 0) is 30.7 Å². The highest BCUT2D eigenvalue weighted by molar-refractivity contribution is 6.37. The van der Waals surface area contributed by atoms with Crippen LogP contribution in [0.5, 0.6) is 5.75 Å². The average molecular weight is 223 g/mol. The normalized spacial score (nSPS) is 9.44. The summed E-state index contributed by atoms with van der Waals surface area (Å²) in [4.78, 5) is 22.1. The van der Waals surface area contributed by atoms with E-state index >= 15 is 0 Å². The number of benzene rings is 1. The molecule has 1 amide bonds. The van der Waals surface area contributed by atoms with Gasteiger partial charge in [-0.1, -0.05) is 0 Å². The van der Waals surface area contributed by atoms with Crippen molar-refractivity contribution in [1.29, 1.82) is 0 Å². The number of amides is 1. The fraction of sp³-hybridized carbons (Fsp3) is 0.273. The molecule has 0 aliphatic rings. The summed E-state index contributed by atoms with van der Waals surface area (Å²) >= 11 is 0. The van der Waals surface area contributed by atoms with Gasteiger partial charge >= 0.3 is 11.9 Å². The highest BCUT2D eigenvalue weighted by Gasteiger charge is 2.14. The fourth-order valence-corrected chi connectivity index (χ4v) is 1.17. The minimum absolute atomic E-state index is 0.552. The van der Waals surface area contributed by atoms with Crippen molar-refractivity contribution in [3.05, 3.63) is 23.8 Å². The largest absolute Gasteiger partial charge is 0.497 e. The molecule has 1 rings (SSSR count). The van der Waals surface area contributed by atoms with Crippen molar-refractivity contribution < 1.29 is 19.1 Å². The molecule has 1 aromatic carbocycles. The van der Waals surface area contributed by atoms with Crippen LogP contribution in [0.1, 0.15) is 5.56 Å². The zero-order valence-corrected chi connectivity index (χ0v) is 9.37. The summed E-state index contributed by atoms with van der Waals surface area (Å²) < 4.78 is 9.31. The van der Waals surface area contributed by atoms with Gasteiger partial charge in [0.05, 0.1) is 14.2 Å². The number of aryl methyl sites for hydroxylation is 1. The Morgan fingerprint density at radius 3 is 2.44 bits per heavy atom. The van der Waals surface area contributed by atoms with Gasteiger partial charge < -0.3 is 14.8 Å². The third-order valence-electron chi connectivity index (χ3n) is 2.05. The van der Waals surface area contributed by atoms with E-state index in [4.69, 9.17) is 4.74 Å². The number of esters is 1. The number of anilines is 1. The molecule has 0 heterocycles. The first-order valence-corrected chi connectivity index (χ1v) is 4.62. The standard InChI is InChI=1S/C11H13NO4/c1-7-6-8(15-2)4-5-9(7)12-10(13)11(14)16-3/h4-6H,1-3H3,(H,12,13). The van der Waals surface area contributed by atoms with E-state index in [9.17, 15) is 9.59 Å². The molecular formula is C11H13NO4. The Hall–Kier alpha value is -2.04. The number of nitrogens with one attached hydrogen (secondary N) is 1. The van der Waals surface area contributed by atoms with Gasteiger partial charge in [0, 0.05) is 5.69 Å². The first kappa shape index (κ1) is 12.0. The second kappa shape index (κ2) is 5.16. The molecule has 0 aromatic heterocycles. The Balaban J connectivity index is 2.82. The molecule has 0 spiro atoms. The summed E-state index contributed by atoms with van der Waals surface area (Å²) in [6, 6.07) is 5.11. The van der Waals surface area contributed by atoms with Gasteiger partial charge in [-0.25, -0.2) is 4.79 Å². The third kappa shape index (κ3) is 2.73. The number of hydrogen-bond acceptors (Lipinski definition) is 4. The number of hydrogen-bond donors (Lipinski definition) is 1. The monoisotopic (exact) mass is 223 g/mol. The average Bonchev–Trinajstić information content (AvgIpc) is 2.30. The van der Waals surface area contributed by atoms with E-state index in [0.29, 0.717) is 11.4 Å². The van der Waals surface area contributed by atoms with Crippen molar-refractivity contribution >= 4 is 17.6 Å². The summed E-state index contributed by atoms with van der Waals surface area (Å²) in [6.07, 6.45) is 0. The molecule has 0 radical (unpaired) electrons. The van der Waals surface area contributed by atoms with E-state index < -0.39 is 11.9 Å². The van der Waals surface area contributed by atoms with Crippen LogP contribution in [0.3, 0.4) is 0 Å². The molecule has 0 aliphatic heterocycles. The van der Waals surface area contributed by atoms with Crippen LogP contribution in [0.15, 0.2) is 18.2 Å². The maximum Gasteiger partial charge on any atom is 0.396 e. The molecule has 0 fully saturated rings. The third-order valence-corrected chi connectivity index (χ3v) is 2.05. The number of rotatable bonds is 2. The van der Waals surface area contributed by atoms with Crippen molar-refractivity contribution in [3.63, 3.8) is 0 Å². The van der Waals surface area contributed by atoms with Crippen molar-refractivity contribution in [3.8, 4) is 5.75 Å².